The van der Waals surface area contributed by atoms with Crippen LogP contribution in [0.15, 0.2) is 70.6 Å². The molecule has 0 bridgehead atoms. The molecule has 41 heavy (non-hydrogen) atoms. The van der Waals surface area contributed by atoms with E-state index in [9.17, 15) is 13.2 Å². The van der Waals surface area contributed by atoms with Crippen molar-refractivity contribution in [1.29, 1.82) is 0 Å². The molecule has 10 heteroatoms. The molecule has 3 heterocycles. The number of unbranched alkanes of at least 4 members (excludes halogenated alkanes) is 3. The van der Waals surface area contributed by atoms with Crippen molar-refractivity contribution in [3.05, 3.63) is 71.3 Å². The zero-order valence-corrected chi connectivity index (χ0v) is 25.8. The maximum atomic E-state index is 13.6. The normalized spacial score (nSPS) is 17.9. The lowest BCUT2D eigenvalue weighted by Gasteiger charge is -2.20. The summed E-state index contributed by atoms with van der Waals surface area (Å²) >= 11 is 6.87. The molecule has 3 aromatic rings. The topological polar surface area (TPSA) is 75.5 Å². The molecule has 0 N–H and O–H groups in total. The van der Waals surface area contributed by atoms with Gasteiger partial charge < -0.3 is 0 Å². The first-order valence-electron chi connectivity index (χ1n) is 14.4. The van der Waals surface area contributed by atoms with E-state index < -0.39 is 10.0 Å². The molecule has 216 valence electrons. The first kappa shape index (κ1) is 29.7. The van der Waals surface area contributed by atoms with E-state index in [0.717, 1.165) is 62.6 Å². The van der Waals surface area contributed by atoms with Crippen LogP contribution in [0, 0.1) is 0 Å². The minimum atomic E-state index is -3.63. The number of carbonyl (C=O) groups excluding carboxylic acids is 1. The van der Waals surface area contributed by atoms with Crippen LogP contribution in [-0.2, 0) is 14.8 Å². The summed E-state index contributed by atoms with van der Waals surface area (Å²) in [6.07, 6.45) is 11.8. The van der Waals surface area contributed by atoms with Gasteiger partial charge in [-0.05, 0) is 49.6 Å². The van der Waals surface area contributed by atoms with E-state index in [2.05, 4.69) is 6.92 Å². The van der Waals surface area contributed by atoms with E-state index in [1.165, 1.54) is 11.8 Å². The Labute approximate surface area is 252 Å². The third kappa shape index (κ3) is 6.83. The second kappa shape index (κ2) is 13.5. The molecule has 0 saturated carbocycles. The molecule has 0 spiro atoms. The van der Waals surface area contributed by atoms with Gasteiger partial charge in [0.05, 0.1) is 15.5 Å². The fraction of sp³-hybridized carbons (Fsp3) is 0.387. The number of hydrogen-bond acceptors (Lipinski definition) is 6. The Balaban J connectivity index is 1.51. The smallest absolute Gasteiger partial charge is 0.266 e. The van der Waals surface area contributed by atoms with Gasteiger partial charge in [0.15, 0.2) is 0 Å². The van der Waals surface area contributed by atoms with Gasteiger partial charge in [-0.3, -0.25) is 9.69 Å². The Bertz CT molecular complexity index is 1520. The van der Waals surface area contributed by atoms with Crippen molar-refractivity contribution < 1.29 is 13.2 Å². The minimum absolute atomic E-state index is 0.0904. The molecule has 0 radical (unpaired) electrons. The van der Waals surface area contributed by atoms with Crippen LogP contribution in [-0.4, -0.2) is 57.3 Å². The second-order valence-electron chi connectivity index (χ2n) is 10.5. The van der Waals surface area contributed by atoms with Crippen molar-refractivity contribution in [2.45, 2.75) is 63.2 Å². The van der Waals surface area contributed by atoms with Crippen molar-refractivity contribution >= 4 is 50.3 Å². The number of benzene rings is 2. The van der Waals surface area contributed by atoms with Crippen molar-refractivity contribution in [1.82, 2.24) is 19.0 Å². The average molecular weight is 609 g/mol. The fourth-order valence-electron chi connectivity index (χ4n) is 5.20. The molecule has 2 aromatic carbocycles. The van der Waals surface area contributed by atoms with Crippen molar-refractivity contribution in [3.8, 4) is 16.9 Å². The number of nitrogens with zero attached hydrogens (tertiary/aromatic N) is 4. The molecular formula is C31H36N4O3S3. The quantitative estimate of drug-likeness (QED) is 0.142. The van der Waals surface area contributed by atoms with Crippen LogP contribution in [0.2, 0.25) is 0 Å². The van der Waals surface area contributed by atoms with Crippen LogP contribution < -0.4 is 0 Å². The molecule has 2 aliphatic heterocycles. The van der Waals surface area contributed by atoms with Gasteiger partial charge in [-0.25, -0.2) is 13.1 Å². The van der Waals surface area contributed by atoms with Gasteiger partial charge >= 0.3 is 0 Å². The summed E-state index contributed by atoms with van der Waals surface area (Å²) in [4.78, 5) is 15.8. The highest BCUT2D eigenvalue weighted by Crippen LogP contribution is 2.35. The van der Waals surface area contributed by atoms with Gasteiger partial charge in [0.25, 0.3) is 5.91 Å². The highest BCUT2D eigenvalue weighted by atomic mass is 32.2. The maximum Gasteiger partial charge on any atom is 0.266 e. The van der Waals surface area contributed by atoms with Gasteiger partial charge in [-0.1, -0.05) is 93.3 Å². The van der Waals surface area contributed by atoms with E-state index in [0.29, 0.717) is 40.1 Å². The van der Waals surface area contributed by atoms with E-state index in [1.54, 1.807) is 32.1 Å². The summed E-state index contributed by atoms with van der Waals surface area (Å²) in [6, 6.07) is 16.7. The molecule has 7 nitrogen and oxygen atoms in total. The molecule has 1 amide bonds. The van der Waals surface area contributed by atoms with Crippen molar-refractivity contribution in [2.24, 2.45) is 0 Å². The Morgan fingerprint density at radius 1 is 0.976 bits per heavy atom. The molecule has 0 atom stereocenters. The average Bonchev–Trinajstić information content (AvgIpc) is 3.37. The van der Waals surface area contributed by atoms with Crippen LogP contribution in [0.5, 0.6) is 0 Å². The van der Waals surface area contributed by atoms with Crippen LogP contribution in [0.25, 0.3) is 23.0 Å². The zero-order chi connectivity index (χ0) is 28.8. The number of thiocarbonyl (C=S) groups is 1. The molecule has 0 aliphatic carbocycles. The highest BCUT2D eigenvalue weighted by molar-refractivity contribution is 8.26. The Morgan fingerprint density at radius 3 is 2.46 bits per heavy atom. The number of aromatic nitrogens is 2. The number of sulfonamides is 1. The first-order valence-corrected chi connectivity index (χ1v) is 17.1. The molecule has 2 fully saturated rings. The summed E-state index contributed by atoms with van der Waals surface area (Å²) in [5, 5.41) is 4.87. The predicted octanol–water partition coefficient (Wildman–Crippen LogP) is 6.89. The summed E-state index contributed by atoms with van der Waals surface area (Å²) in [6.45, 7) is 3.87. The largest absolute Gasteiger partial charge is 0.293 e. The monoisotopic (exact) mass is 608 g/mol. The van der Waals surface area contributed by atoms with Crippen molar-refractivity contribution in [2.75, 3.05) is 19.6 Å². The number of rotatable bonds is 10. The number of hydrogen-bond donors (Lipinski definition) is 0. The number of thioether (sulfide) groups is 1. The molecule has 2 saturated heterocycles. The van der Waals surface area contributed by atoms with E-state index in [1.807, 2.05) is 48.7 Å². The van der Waals surface area contributed by atoms with Gasteiger partial charge in [-0.15, -0.1) is 0 Å². The second-order valence-corrected chi connectivity index (χ2v) is 14.1. The molecule has 5 rings (SSSR count). The Kier molecular flexibility index (Phi) is 9.75. The maximum absolute atomic E-state index is 13.6. The van der Waals surface area contributed by atoms with Gasteiger partial charge in [0.1, 0.15) is 10.0 Å². The fourth-order valence-corrected chi connectivity index (χ4v) is 8.06. The summed E-state index contributed by atoms with van der Waals surface area (Å²) in [5.74, 6) is -0.0904. The summed E-state index contributed by atoms with van der Waals surface area (Å²) < 4.78 is 31.1. The van der Waals surface area contributed by atoms with Gasteiger partial charge in [-0.2, -0.15) is 9.40 Å². The van der Waals surface area contributed by atoms with Crippen LogP contribution in [0.3, 0.4) is 0 Å². The molecule has 0 unspecified atom stereocenters. The first-order chi connectivity index (χ1) is 19.9. The molecule has 2 aliphatic rings. The minimum Gasteiger partial charge on any atom is -0.293 e. The van der Waals surface area contributed by atoms with Gasteiger partial charge in [0, 0.05) is 37.0 Å². The molecule has 1 aromatic heterocycles. The third-order valence-electron chi connectivity index (χ3n) is 7.47. The third-order valence-corrected chi connectivity index (χ3v) is 10.7. The van der Waals surface area contributed by atoms with Gasteiger partial charge in [0.2, 0.25) is 10.0 Å². The van der Waals surface area contributed by atoms with Crippen LogP contribution >= 0.6 is 24.0 Å². The highest BCUT2D eigenvalue weighted by Gasteiger charge is 2.32. The molecular weight excluding hydrogens is 573 g/mol. The van der Waals surface area contributed by atoms with Crippen LogP contribution in [0.1, 0.15) is 63.9 Å². The van der Waals surface area contributed by atoms with Crippen LogP contribution in [0.4, 0.5) is 0 Å². The lowest BCUT2D eigenvalue weighted by atomic mass is 10.1. The number of amides is 1. The summed E-state index contributed by atoms with van der Waals surface area (Å²) in [7, 11) is -3.63. The van der Waals surface area contributed by atoms with E-state index >= 15 is 0 Å². The lowest BCUT2D eigenvalue weighted by molar-refractivity contribution is -0.122. The van der Waals surface area contributed by atoms with E-state index in [4.69, 9.17) is 17.3 Å². The predicted molar refractivity (Wildman–Crippen MR) is 170 cm³/mol. The SMILES string of the molecule is CCCCCCN1C(=O)/C(=C/c2cn(-c3ccccc3)nc2-c2cccc(S(=O)(=O)N3CCCCCC3)c2)SC1=S. The number of para-hydroxylation sites is 1. The Hall–Kier alpha value is -2.79. The van der Waals surface area contributed by atoms with Crippen molar-refractivity contribution in [3.63, 3.8) is 0 Å². The van der Waals surface area contributed by atoms with E-state index in [-0.39, 0.29) is 10.8 Å². The summed E-state index contributed by atoms with van der Waals surface area (Å²) in [5.41, 5.74) is 2.88. The number of carbonyl (C=O) groups is 1. The zero-order valence-electron chi connectivity index (χ0n) is 23.4. The standard InChI is InChI=1S/C31H36N4O3S3/c1-2-3-4-12-20-34-30(36)28(40-31(34)39)22-25-23-35(26-15-8-7-9-16-26)32-29(25)24-14-13-17-27(21-24)41(37,38)33-18-10-5-6-11-19-33/h7-9,13-17,21-23H,2-6,10-12,18-20H2,1H3/b28-22-. The lowest BCUT2D eigenvalue weighted by Crippen LogP contribution is -2.31. The Morgan fingerprint density at radius 2 is 1.73 bits per heavy atom.